The molecular weight excluding hydrogens is 352 g/mol. The first-order valence-corrected chi connectivity index (χ1v) is 9.68. The number of thiophene rings is 1. The Hall–Kier alpha value is -2.22. The SMILES string of the molecule is CN(C)C(CNC(=O)c1cc2c(nc3sccn32)s1)c1ccccc1. The standard InChI is InChI=1S/C18H18N4OS2/c1-21(2)14(12-6-4-3-5-7-12)11-19-16(23)15-10-13-17(25-15)20-18-22(13)8-9-24-18/h3-10,14H,11H2,1-2H3,(H,19,23). The number of carbonyl (C=O) groups is 1. The number of hydrogen-bond acceptors (Lipinski definition) is 5. The maximum atomic E-state index is 12.6. The maximum Gasteiger partial charge on any atom is 0.261 e. The van der Waals surface area contributed by atoms with E-state index < -0.39 is 0 Å². The van der Waals surface area contributed by atoms with E-state index in [1.807, 2.05) is 54.3 Å². The number of nitrogens with zero attached hydrogens (tertiary/aromatic N) is 3. The second-order valence-corrected chi connectivity index (χ2v) is 7.97. The van der Waals surface area contributed by atoms with Crippen LogP contribution in [0.4, 0.5) is 0 Å². The highest BCUT2D eigenvalue weighted by Gasteiger charge is 2.18. The Labute approximate surface area is 153 Å². The first-order valence-electron chi connectivity index (χ1n) is 7.98. The van der Waals surface area contributed by atoms with Crippen molar-refractivity contribution in [3.05, 3.63) is 58.4 Å². The van der Waals surface area contributed by atoms with Gasteiger partial charge in [-0.15, -0.1) is 22.7 Å². The third-order valence-corrected chi connectivity index (χ3v) is 6.00. The number of aromatic nitrogens is 2. The van der Waals surface area contributed by atoms with Crippen molar-refractivity contribution in [2.75, 3.05) is 20.6 Å². The van der Waals surface area contributed by atoms with Gasteiger partial charge < -0.3 is 10.2 Å². The molecule has 128 valence electrons. The molecule has 4 rings (SSSR count). The van der Waals surface area contributed by atoms with Gasteiger partial charge in [0.25, 0.3) is 5.91 Å². The molecular formula is C18H18N4OS2. The molecule has 0 fully saturated rings. The quantitative estimate of drug-likeness (QED) is 0.583. The summed E-state index contributed by atoms with van der Waals surface area (Å²) < 4.78 is 2.03. The molecule has 1 atom stereocenters. The smallest absolute Gasteiger partial charge is 0.261 e. The highest BCUT2D eigenvalue weighted by atomic mass is 32.1. The highest BCUT2D eigenvalue weighted by Crippen LogP contribution is 2.28. The van der Waals surface area contributed by atoms with Gasteiger partial charge in [0.15, 0.2) is 4.96 Å². The fourth-order valence-corrected chi connectivity index (χ4v) is 4.63. The van der Waals surface area contributed by atoms with Crippen molar-refractivity contribution >= 4 is 43.9 Å². The van der Waals surface area contributed by atoms with Gasteiger partial charge in [-0.1, -0.05) is 30.3 Å². The minimum absolute atomic E-state index is 0.0465. The Bertz CT molecular complexity index is 1020. The lowest BCUT2D eigenvalue weighted by Gasteiger charge is -2.25. The molecule has 1 N–H and O–H groups in total. The zero-order chi connectivity index (χ0) is 17.4. The fraction of sp³-hybridized carbons (Fsp3) is 0.222. The predicted molar refractivity (Wildman–Crippen MR) is 104 cm³/mol. The average Bonchev–Trinajstić information content (AvgIpc) is 3.27. The van der Waals surface area contributed by atoms with Crippen LogP contribution in [0.25, 0.3) is 15.3 Å². The van der Waals surface area contributed by atoms with Crippen LogP contribution in [0.1, 0.15) is 21.3 Å². The van der Waals surface area contributed by atoms with Gasteiger partial charge in [0.05, 0.1) is 16.4 Å². The lowest BCUT2D eigenvalue weighted by molar-refractivity contribution is 0.0946. The normalized spacial score (nSPS) is 12.9. The molecule has 0 bridgehead atoms. The number of thiazole rings is 1. The van der Waals surface area contributed by atoms with Crippen molar-refractivity contribution in [2.24, 2.45) is 0 Å². The van der Waals surface area contributed by atoms with E-state index in [-0.39, 0.29) is 11.9 Å². The Kier molecular flexibility index (Phi) is 4.29. The van der Waals surface area contributed by atoms with E-state index in [4.69, 9.17) is 0 Å². The van der Waals surface area contributed by atoms with Gasteiger partial charge in [-0.2, -0.15) is 0 Å². The van der Waals surface area contributed by atoms with Crippen LogP contribution in [0.2, 0.25) is 0 Å². The van der Waals surface area contributed by atoms with Gasteiger partial charge in [-0.05, 0) is 25.7 Å². The number of benzene rings is 1. The van der Waals surface area contributed by atoms with Crippen molar-refractivity contribution in [3.63, 3.8) is 0 Å². The van der Waals surface area contributed by atoms with E-state index in [2.05, 4.69) is 27.3 Å². The molecule has 7 heteroatoms. The molecule has 0 aliphatic rings. The van der Waals surface area contributed by atoms with Crippen LogP contribution >= 0.6 is 22.7 Å². The number of fused-ring (bicyclic) bond motifs is 3. The van der Waals surface area contributed by atoms with E-state index in [9.17, 15) is 4.79 Å². The minimum atomic E-state index is -0.0465. The molecule has 0 aliphatic heterocycles. The molecule has 0 saturated heterocycles. The summed E-state index contributed by atoms with van der Waals surface area (Å²) in [5.74, 6) is -0.0465. The number of likely N-dealkylation sites (N-methyl/N-ethyl adjacent to an activating group) is 1. The van der Waals surface area contributed by atoms with Crippen LogP contribution in [0, 0.1) is 0 Å². The van der Waals surface area contributed by atoms with Gasteiger partial charge in [0, 0.05) is 18.1 Å². The van der Waals surface area contributed by atoms with E-state index in [0.717, 1.165) is 15.3 Å². The average molecular weight is 371 g/mol. The Balaban J connectivity index is 1.51. The molecule has 0 aliphatic carbocycles. The van der Waals surface area contributed by atoms with E-state index in [1.54, 1.807) is 11.3 Å². The summed E-state index contributed by atoms with van der Waals surface area (Å²) in [5, 5.41) is 5.07. The Morgan fingerprint density at radius 2 is 2.12 bits per heavy atom. The molecule has 0 spiro atoms. The number of nitrogens with one attached hydrogen (secondary N) is 1. The maximum absolute atomic E-state index is 12.6. The van der Waals surface area contributed by atoms with E-state index in [0.29, 0.717) is 11.4 Å². The van der Waals surface area contributed by atoms with Crippen LogP contribution < -0.4 is 5.32 Å². The zero-order valence-corrected chi connectivity index (χ0v) is 15.6. The van der Waals surface area contributed by atoms with Crippen LogP contribution in [0.3, 0.4) is 0 Å². The lowest BCUT2D eigenvalue weighted by atomic mass is 10.1. The van der Waals surface area contributed by atoms with Crippen LogP contribution in [0.5, 0.6) is 0 Å². The molecule has 1 amide bonds. The third-order valence-electron chi connectivity index (χ3n) is 4.23. The number of rotatable bonds is 5. The highest BCUT2D eigenvalue weighted by molar-refractivity contribution is 7.21. The van der Waals surface area contributed by atoms with Gasteiger partial charge >= 0.3 is 0 Å². The van der Waals surface area contributed by atoms with Crippen molar-refractivity contribution in [2.45, 2.75) is 6.04 Å². The van der Waals surface area contributed by atoms with Crippen LogP contribution in [-0.4, -0.2) is 40.8 Å². The molecule has 1 unspecified atom stereocenters. The second-order valence-electron chi connectivity index (χ2n) is 6.07. The Morgan fingerprint density at radius 1 is 1.32 bits per heavy atom. The summed E-state index contributed by atoms with van der Waals surface area (Å²) in [6.07, 6.45) is 1.99. The molecule has 1 aromatic carbocycles. The van der Waals surface area contributed by atoms with Crippen molar-refractivity contribution in [1.82, 2.24) is 19.6 Å². The zero-order valence-electron chi connectivity index (χ0n) is 14.0. The van der Waals surface area contributed by atoms with Crippen molar-refractivity contribution in [1.29, 1.82) is 0 Å². The van der Waals surface area contributed by atoms with E-state index in [1.165, 1.54) is 16.9 Å². The molecule has 4 aromatic rings. The lowest BCUT2D eigenvalue weighted by Crippen LogP contribution is -2.34. The molecule has 3 aromatic heterocycles. The molecule has 0 radical (unpaired) electrons. The summed E-state index contributed by atoms with van der Waals surface area (Å²) in [5.41, 5.74) is 2.19. The summed E-state index contributed by atoms with van der Waals surface area (Å²) >= 11 is 3.04. The number of carbonyl (C=O) groups excluding carboxylic acids is 1. The van der Waals surface area contributed by atoms with Gasteiger partial charge in [0.1, 0.15) is 4.83 Å². The summed E-state index contributed by atoms with van der Waals surface area (Å²) in [7, 11) is 4.05. The largest absolute Gasteiger partial charge is 0.349 e. The summed E-state index contributed by atoms with van der Waals surface area (Å²) in [6, 6.07) is 12.3. The van der Waals surface area contributed by atoms with E-state index >= 15 is 0 Å². The first-order chi connectivity index (χ1) is 12.1. The topological polar surface area (TPSA) is 49.6 Å². The molecule has 3 heterocycles. The number of imidazole rings is 1. The fourth-order valence-electron chi connectivity index (χ4n) is 2.91. The van der Waals surface area contributed by atoms with Gasteiger partial charge in [0.2, 0.25) is 0 Å². The predicted octanol–water partition coefficient (Wildman–Crippen LogP) is 3.64. The molecule has 0 saturated carbocycles. The molecule has 25 heavy (non-hydrogen) atoms. The monoisotopic (exact) mass is 370 g/mol. The first kappa shape index (κ1) is 16.3. The number of hydrogen-bond donors (Lipinski definition) is 1. The van der Waals surface area contributed by atoms with Crippen LogP contribution in [0.15, 0.2) is 48.0 Å². The van der Waals surface area contributed by atoms with Crippen molar-refractivity contribution < 1.29 is 4.79 Å². The number of amides is 1. The van der Waals surface area contributed by atoms with Crippen LogP contribution in [-0.2, 0) is 0 Å². The third kappa shape index (κ3) is 3.06. The minimum Gasteiger partial charge on any atom is -0.349 e. The molecule has 5 nitrogen and oxygen atoms in total. The van der Waals surface area contributed by atoms with Crippen molar-refractivity contribution in [3.8, 4) is 0 Å². The van der Waals surface area contributed by atoms with Gasteiger partial charge in [-0.25, -0.2) is 4.98 Å². The summed E-state index contributed by atoms with van der Waals surface area (Å²) in [6.45, 7) is 0.562. The second kappa shape index (κ2) is 6.59. The summed E-state index contributed by atoms with van der Waals surface area (Å²) in [4.78, 5) is 21.8. The van der Waals surface area contributed by atoms with Gasteiger partial charge in [-0.3, -0.25) is 9.20 Å². The Morgan fingerprint density at radius 3 is 2.88 bits per heavy atom.